The van der Waals surface area contributed by atoms with Gasteiger partial charge in [-0.1, -0.05) is 0 Å². The van der Waals surface area contributed by atoms with E-state index in [0.717, 1.165) is 12.1 Å². The molecule has 1 rings (SSSR count). The maximum atomic E-state index is 13.4. The number of primary sulfonamides is 1. The van der Waals surface area contributed by atoms with E-state index in [4.69, 9.17) is 9.88 Å². The minimum absolute atomic E-state index is 0.0738. The number of halogens is 2. The van der Waals surface area contributed by atoms with Crippen molar-refractivity contribution in [2.24, 2.45) is 5.14 Å². The van der Waals surface area contributed by atoms with Crippen molar-refractivity contribution in [1.82, 2.24) is 5.32 Å². The Bertz CT molecular complexity index is 607. The predicted molar refractivity (Wildman–Crippen MR) is 74.3 cm³/mol. The summed E-state index contributed by atoms with van der Waals surface area (Å²) >= 11 is 2.96. The molecule has 0 aliphatic rings. The van der Waals surface area contributed by atoms with Gasteiger partial charge in [-0.15, -0.1) is 0 Å². The van der Waals surface area contributed by atoms with E-state index in [0.29, 0.717) is 13.2 Å². The van der Waals surface area contributed by atoms with E-state index >= 15 is 0 Å². The number of hydrogen-bond acceptors (Lipinski definition) is 4. The summed E-state index contributed by atoms with van der Waals surface area (Å²) in [7, 11) is -4.13. The monoisotopic (exact) mass is 368 g/mol. The van der Waals surface area contributed by atoms with Crippen molar-refractivity contribution in [2.75, 3.05) is 19.8 Å². The van der Waals surface area contributed by atoms with E-state index in [9.17, 15) is 17.6 Å². The first-order chi connectivity index (χ1) is 9.27. The number of amides is 1. The van der Waals surface area contributed by atoms with Crippen molar-refractivity contribution in [3.63, 3.8) is 0 Å². The Morgan fingerprint density at radius 1 is 1.50 bits per heavy atom. The molecule has 112 valence electrons. The van der Waals surface area contributed by atoms with Crippen LogP contribution in [-0.4, -0.2) is 34.1 Å². The van der Waals surface area contributed by atoms with Gasteiger partial charge >= 0.3 is 0 Å². The first-order valence-electron chi connectivity index (χ1n) is 5.65. The lowest BCUT2D eigenvalue weighted by Crippen LogP contribution is -2.28. The Morgan fingerprint density at radius 2 is 2.15 bits per heavy atom. The van der Waals surface area contributed by atoms with Crippen LogP contribution in [-0.2, 0) is 14.8 Å². The average molecular weight is 369 g/mol. The van der Waals surface area contributed by atoms with E-state index in [1.807, 2.05) is 6.92 Å². The van der Waals surface area contributed by atoms with Crippen LogP contribution >= 0.6 is 15.9 Å². The van der Waals surface area contributed by atoms with Gasteiger partial charge in [-0.05, 0) is 35.0 Å². The number of hydrogen-bond donors (Lipinski definition) is 2. The molecular weight excluding hydrogens is 355 g/mol. The largest absolute Gasteiger partial charge is 0.380 e. The molecule has 0 saturated heterocycles. The Labute approximate surface area is 124 Å². The Balaban J connectivity index is 3.01. The Morgan fingerprint density at radius 3 is 2.70 bits per heavy atom. The molecule has 6 nitrogen and oxygen atoms in total. The van der Waals surface area contributed by atoms with Crippen LogP contribution in [0.15, 0.2) is 21.5 Å². The number of carbonyl (C=O) groups excluding carboxylic acids is 1. The van der Waals surface area contributed by atoms with Gasteiger partial charge in [-0.3, -0.25) is 4.79 Å². The van der Waals surface area contributed by atoms with Crippen LogP contribution in [0.5, 0.6) is 0 Å². The number of nitrogens with two attached hydrogens (primary N) is 1. The highest BCUT2D eigenvalue weighted by Crippen LogP contribution is 2.26. The van der Waals surface area contributed by atoms with Crippen LogP contribution < -0.4 is 10.5 Å². The van der Waals surface area contributed by atoms with Crippen LogP contribution in [0.25, 0.3) is 0 Å². The molecule has 0 unspecified atom stereocenters. The Hall–Kier alpha value is -1.03. The van der Waals surface area contributed by atoms with Crippen LogP contribution in [0.2, 0.25) is 0 Å². The lowest BCUT2D eigenvalue weighted by molar-refractivity contribution is 0.0921. The first-order valence-corrected chi connectivity index (χ1v) is 7.99. The number of carbonyl (C=O) groups is 1. The van der Waals surface area contributed by atoms with Gasteiger partial charge in [-0.25, -0.2) is 17.9 Å². The second-order valence-electron chi connectivity index (χ2n) is 3.76. The van der Waals surface area contributed by atoms with Crippen molar-refractivity contribution in [3.05, 3.63) is 28.0 Å². The number of ether oxygens (including phenoxy) is 1. The van der Waals surface area contributed by atoms with Gasteiger partial charge in [0.1, 0.15) is 5.82 Å². The van der Waals surface area contributed by atoms with E-state index in [-0.39, 0.29) is 16.6 Å². The van der Waals surface area contributed by atoms with E-state index in [1.165, 1.54) is 0 Å². The third kappa shape index (κ3) is 4.51. The minimum Gasteiger partial charge on any atom is -0.380 e. The molecule has 20 heavy (non-hydrogen) atoms. The van der Waals surface area contributed by atoms with Gasteiger partial charge in [0.05, 0.1) is 21.5 Å². The van der Waals surface area contributed by atoms with Crippen molar-refractivity contribution >= 4 is 31.9 Å². The third-order valence-corrected chi connectivity index (χ3v) is 4.34. The number of sulfonamides is 1. The van der Waals surface area contributed by atoms with Crippen molar-refractivity contribution in [3.8, 4) is 0 Å². The SMILES string of the molecule is CCOCCNC(=O)c1cc(F)cc(S(N)(=O)=O)c1Br. The smallest absolute Gasteiger partial charge is 0.252 e. The summed E-state index contributed by atoms with van der Waals surface area (Å²) in [5, 5.41) is 7.44. The topological polar surface area (TPSA) is 98.5 Å². The molecule has 0 saturated carbocycles. The lowest BCUT2D eigenvalue weighted by atomic mass is 10.2. The highest BCUT2D eigenvalue weighted by atomic mass is 79.9. The van der Waals surface area contributed by atoms with Crippen molar-refractivity contribution in [1.29, 1.82) is 0 Å². The minimum atomic E-state index is -4.13. The molecular formula is C11H14BrFN2O4S. The first kappa shape index (κ1) is 17.0. The standard InChI is InChI=1S/C11H14BrFN2O4S/c1-2-19-4-3-15-11(16)8-5-7(13)6-9(10(8)12)20(14,17)18/h5-6H,2-4H2,1H3,(H,15,16)(H2,14,17,18). The van der Waals surface area contributed by atoms with Gasteiger partial charge in [0.15, 0.2) is 0 Å². The van der Waals surface area contributed by atoms with Crippen LogP contribution in [0.1, 0.15) is 17.3 Å². The van der Waals surface area contributed by atoms with E-state index in [2.05, 4.69) is 21.2 Å². The number of nitrogens with one attached hydrogen (secondary N) is 1. The maximum absolute atomic E-state index is 13.4. The maximum Gasteiger partial charge on any atom is 0.252 e. The fourth-order valence-electron chi connectivity index (χ4n) is 1.41. The van der Waals surface area contributed by atoms with Gasteiger partial charge in [0.2, 0.25) is 10.0 Å². The average Bonchev–Trinajstić information content (AvgIpc) is 2.35. The van der Waals surface area contributed by atoms with Crippen molar-refractivity contribution in [2.45, 2.75) is 11.8 Å². The summed E-state index contributed by atoms with van der Waals surface area (Å²) in [4.78, 5) is 11.4. The van der Waals surface area contributed by atoms with E-state index in [1.54, 1.807) is 0 Å². The number of benzene rings is 1. The lowest BCUT2D eigenvalue weighted by Gasteiger charge is -2.10. The fraction of sp³-hybridized carbons (Fsp3) is 0.364. The fourth-order valence-corrected chi connectivity index (χ4v) is 3.14. The quantitative estimate of drug-likeness (QED) is 0.731. The zero-order chi connectivity index (χ0) is 15.3. The van der Waals surface area contributed by atoms with Gasteiger partial charge in [-0.2, -0.15) is 0 Å². The Kier molecular flexibility index (Phi) is 6.06. The molecule has 0 radical (unpaired) electrons. The highest BCUT2D eigenvalue weighted by Gasteiger charge is 2.21. The molecule has 0 aromatic heterocycles. The summed E-state index contributed by atoms with van der Waals surface area (Å²) in [5.41, 5.74) is -0.148. The molecule has 0 fully saturated rings. The molecule has 0 aliphatic carbocycles. The number of rotatable bonds is 6. The normalized spacial score (nSPS) is 11.4. The van der Waals surface area contributed by atoms with Crippen molar-refractivity contribution < 1.29 is 22.3 Å². The van der Waals surface area contributed by atoms with Crippen LogP contribution in [0.4, 0.5) is 4.39 Å². The van der Waals surface area contributed by atoms with E-state index < -0.39 is 26.6 Å². The molecule has 0 heterocycles. The molecule has 1 aromatic rings. The molecule has 1 amide bonds. The predicted octanol–water partition coefficient (Wildman–Crippen LogP) is 1.00. The van der Waals surface area contributed by atoms with Crippen LogP contribution in [0, 0.1) is 5.82 Å². The summed E-state index contributed by atoms with van der Waals surface area (Å²) in [5.74, 6) is -1.49. The molecule has 3 N–H and O–H groups in total. The molecule has 0 atom stereocenters. The highest BCUT2D eigenvalue weighted by molar-refractivity contribution is 9.10. The molecule has 0 bridgehead atoms. The van der Waals surface area contributed by atoms with Crippen LogP contribution in [0.3, 0.4) is 0 Å². The summed E-state index contributed by atoms with van der Waals surface area (Å²) < 4.78 is 41.0. The second kappa shape index (κ2) is 7.11. The summed E-state index contributed by atoms with van der Waals surface area (Å²) in [6, 6.07) is 1.67. The zero-order valence-electron chi connectivity index (χ0n) is 10.7. The van der Waals surface area contributed by atoms with Gasteiger partial charge in [0, 0.05) is 13.2 Å². The second-order valence-corrected chi connectivity index (χ2v) is 6.09. The molecule has 0 spiro atoms. The molecule has 1 aromatic carbocycles. The summed E-state index contributed by atoms with van der Waals surface area (Å²) in [6.45, 7) is 2.84. The molecule has 9 heteroatoms. The van der Waals surface area contributed by atoms with Gasteiger partial charge in [0.25, 0.3) is 5.91 Å². The molecule has 0 aliphatic heterocycles. The van der Waals surface area contributed by atoms with Gasteiger partial charge < -0.3 is 10.1 Å². The third-order valence-electron chi connectivity index (χ3n) is 2.29. The zero-order valence-corrected chi connectivity index (χ0v) is 13.1. The summed E-state index contributed by atoms with van der Waals surface area (Å²) in [6.07, 6.45) is 0.